The zero-order chi connectivity index (χ0) is 17.6. The van der Waals surface area contributed by atoms with Crippen LogP contribution in [0.15, 0.2) is 66.1 Å². The van der Waals surface area contributed by atoms with E-state index in [4.69, 9.17) is 0 Å². The average molecular weight is 352 g/mol. The van der Waals surface area contributed by atoms with E-state index in [1.54, 1.807) is 35.3 Å². The van der Waals surface area contributed by atoms with Crippen molar-refractivity contribution in [1.82, 2.24) is 14.8 Å². The molecule has 0 unspecified atom stereocenters. The number of nitrogens with one attached hydrogen (secondary N) is 1. The lowest BCUT2D eigenvalue weighted by atomic mass is 10.1. The van der Waals surface area contributed by atoms with Gasteiger partial charge in [-0.25, -0.2) is 9.67 Å². The van der Waals surface area contributed by atoms with Gasteiger partial charge in [-0.3, -0.25) is 9.59 Å². The van der Waals surface area contributed by atoms with Crippen LogP contribution >= 0.6 is 11.8 Å². The predicted octanol–water partition coefficient (Wildman–Crippen LogP) is 3.20. The van der Waals surface area contributed by atoms with Crippen LogP contribution in [0.2, 0.25) is 0 Å². The molecular formula is C18H16N4O2S. The van der Waals surface area contributed by atoms with Crippen molar-refractivity contribution < 1.29 is 9.59 Å². The highest BCUT2D eigenvalue weighted by atomic mass is 32.2. The molecule has 25 heavy (non-hydrogen) atoms. The van der Waals surface area contributed by atoms with Crippen molar-refractivity contribution in [3.63, 3.8) is 0 Å². The molecule has 1 aromatic heterocycles. The van der Waals surface area contributed by atoms with Crippen molar-refractivity contribution in [2.75, 3.05) is 11.1 Å². The molecule has 1 N–H and O–H groups in total. The quantitative estimate of drug-likeness (QED) is 0.544. The summed E-state index contributed by atoms with van der Waals surface area (Å²) in [4.78, 5) is 27.6. The first-order valence-corrected chi connectivity index (χ1v) is 8.61. The van der Waals surface area contributed by atoms with Crippen molar-refractivity contribution in [3.8, 4) is 5.69 Å². The highest BCUT2D eigenvalue weighted by Crippen LogP contribution is 2.16. The number of anilines is 1. The summed E-state index contributed by atoms with van der Waals surface area (Å²) in [6, 6.07) is 16.5. The number of Topliss-reactive ketones (excluding diaryl/α,β-unsaturated/α-hetero) is 1. The number of benzene rings is 2. The summed E-state index contributed by atoms with van der Waals surface area (Å²) in [6.07, 6.45) is 1.62. The number of carbonyl (C=O) groups excluding carboxylic acids is 2. The molecule has 0 atom stereocenters. The number of rotatable bonds is 6. The monoisotopic (exact) mass is 352 g/mol. The second-order valence-corrected chi connectivity index (χ2v) is 6.22. The van der Waals surface area contributed by atoms with E-state index in [-0.39, 0.29) is 17.4 Å². The fourth-order valence-electron chi connectivity index (χ4n) is 2.16. The van der Waals surface area contributed by atoms with Gasteiger partial charge < -0.3 is 5.32 Å². The summed E-state index contributed by atoms with van der Waals surface area (Å²) in [5, 5.41) is 7.64. The van der Waals surface area contributed by atoms with Gasteiger partial charge in [0.1, 0.15) is 6.33 Å². The predicted molar refractivity (Wildman–Crippen MR) is 97.2 cm³/mol. The molecule has 3 rings (SSSR count). The van der Waals surface area contributed by atoms with Gasteiger partial charge in [-0.15, -0.1) is 5.10 Å². The van der Waals surface area contributed by atoms with E-state index in [1.165, 1.54) is 18.7 Å². The summed E-state index contributed by atoms with van der Waals surface area (Å²) < 4.78 is 1.66. The number of ketones is 1. The summed E-state index contributed by atoms with van der Waals surface area (Å²) >= 11 is 1.25. The van der Waals surface area contributed by atoms with E-state index >= 15 is 0 Å². The van der Waals surface area contributed by atoms with Gasteiger partial charge in [0.05, 0.1) is 11.4 Å². The molecule has 0 bridgehead atoms. The molecular weight excluding hydrogens is 336 g/mol. The number of hydrogen-bond acceptors (Lipinski definition) is 5. The van der Waals surface area contributed by atoms with E-state index in [1.807, 2.05) is 30.3 Å². The third-order valence-corrected chi connectivity index (χ3v) is 4.23. The standard InChI is InChI=1S/C18H16N4O2S/c1-13(23)14-6-5-7-15(10-14)20-17(24)11-25-18-19-12-22(21-18)16-8-3-2-4-9-16/h2-10,12H,11H2,1H3,(H,20,24). The Kier molecular flexibility index (Phi) is 5.25. The normalized spacial score (nSPS) is 10.4. The minimum absolute atomic E-state index is 0.0406. The van der Waals surface area contributed by atoms with Gasteiger partial charge in [0.25, 0.3) is 0 Å². The maximum absolute atomic E-state index is 12.1. The lowest BCUT2D eigenvalue weighted by Gasteiger charge is -2.05. The smallest absolute Gasteiger partial charge is 0.234 e. The van der Waals surface area contributed by atoms with E-state index in [0.29, 0.717) is 16.4 Å². The van der Waals surface area contributed by atoms with Crippen LogP contribution in [-0.4, -0.2) is 32.2 Å². The minimum Gasteiger partial charge on any atom is -0.325 e. The molecule has 0 saturated heterocycles. The summed E-state index contributed by atoms with van der Waals surface area (Å²) in [5.74, 6) is -0.0359. The van der Waals surface area contributed by atoms with Crippen LogP contribution in [0, 0.1) is 0 Å². The maximum atomic E-state index is 12.1. The third-order valence-electron chi connectivity index (χ3n) is 3.38. The van der Waals surface area contributed by atoms with Crippen molar-refractivity contribution >= 4 is 29.1 Å². The van der Waals surface area contributed by atoms with E-state index in [2.05, 4.69) is 15.4 Å². The number of carbonyl (C=O) groups is 2. The molecule has 0 spiro atoms. The van der Waals surface area contributed by atoms with Crippen LogP contribution in [0.25, 0.3) is 5.69 Å². The largest absolute Gasteiger partial charge is 0.325 e. The molecule has 126 valence electrons. The molecule has 0 aliphatic carbocycles. The minimum atomic E-state index is -0.179. The maximum Gasteiger partial charge on any atom is 0.234 e. The molecule has 0 radical (unpaired) electrons. The van der Waals surface area contributed by atoms with Gasteiger partial charge >= 0.3 is 0 Å². The van der Waals surface area contributed by atoms with Gasteiger partial charge in [0.2, 0.25) is 11.1 Å². The Balaban J connectivity index is 1.57. The second-order valence-electron chi connectivity index (χ2n) is 5.28. The molecule has 7 heteroatoms. The highest BCUT2D eigenvalue weighted by molar-refractivity contribution is 7.99. The molecule has 0 fully saturated rings. The Morgan fingerprint density at radius 3 is 2.68 bits per heavy atom. The number of para-hydroxylation sites is 1. The van der Waals surface area contributed by atoms with Crippen LogP contribution < -0.4 is 5.32 Å². The van der Waals surface area contributed by atoms with Gasteiger partial charge in [0, 0.05) is 11.3 Å². The molecule has 1 heterocycles. The Bertz CT molecular complexity index is 893. The van der Waals surface area contributed by atoms with Crippen LogP contribution in [0.4, 0.5) is 5.69 Å². The van der Waals surface area contributed by atoms with Crippen molar-refractivity contribution in [2.45, 2.75) is 12.1 Å². The topological polar surface area (TPSA) is 76.9 Å². The Hall–Kier alpha value is -2.93. The number of thioether (sulfide) groups is 1. The average Bonchev–Trinajstić information content (AvgIpc) is 3.10. The van der Waals surface area contributed by atoms with E-state index in [9.17, 15) is 9.59 Å². The molecule has 0 aliphatic heterocycles. The number of aromatic nitrogens is 3. The number of nitrogens with zero attached hydrogens (tertiary/aromatic N) is 3. The van der Waals surface area contributed by atoms with Crippen LogP contribution in [0.3, 0.4) is 0 Å². The first-order chi connectivity index (χ1) is 12.1. The summed E-state index contributed by atoms with van der Waals surface area (Å²) in [6.45, 7) is 1.49. The van der Waals surface area contributed by atoms with Gasteiger partial charge in [-0.1, -0.05) is 42.1 Å². The molecule has 0 saturated carbocycles. The Morgan fingerprint density at radius 1 is 1.12 bits per heavy atom. The summed E-state index contributed by atoms with van der Waals surface area (Å²) in [5.41, 5.74) is 2.07. The van der Waals surface area contributed by atoms with Crippen LogP contribution in [0.1, 0.15) is 17.3 Å². The number of hydrogen-bond donors (Lipinski definition) is 1. The fraction of sp³-hybridized carbons (Fsp3) is 0.111. The zero-order valence-electron chi connectivity index (χ0n) is 13.5. The van der Waals surface area contributed by atoms with E-state index < -0.39 is 0 Å². The Morgan fingerprint density at radius 2 is 1.92 bits per heavy atom. The molecule has 2 aromatic carbocycles. The van der Waals surface area contributed by atoms with Gasteiger partial charge in [0.15, 0.2) is 5.78 Å². The first-order valence-electron chi connectivity index (χ1n) is 7.62. The molecule has 3 aromatic rings. The molecule has 0 aliphatic rings. The SMILES string of the molecule is CC(=O)c1cccc(NC(=O)CSc2ncn(-c3ccccc3)n2)c1. The van der Waals surface area contributed by atoms with Gasteiger partial charge in [-0.05, 0) is 31.2 Å². The van der Waals surface area contributed by atoms with Gasteiger partial charge in [-0.2, -0.15) is 0 Å². The second kappa shape index (κ2) is 7.76. The first kappa shape index (κ1) is 16.9. The fourth-order valence-corrected chi connectivity index (χ4v) is 2.76. The van der Waals surface area contributed by atoms with Crippen molar-refractivity contribution in [1.29, 1.82) is 0 Å². The lowest BCUT2D eigenvalue weighted by molar-refractivity contribution is -0.113. The highest BCUT2D eigenvalue weighted by Gasteiger charge is 2.09. The van der Waals surface area contributed by atoms with Crippen molar-refractivity contribution in [3.05, 3.63) is 66.5 Å². The summed E-state index contributed by atoms with van der Waals surface area (Å²) in [7, 11) is 0. The van der Waals surface area contributed by atoms with Crippen molar-refractivity contribution in [2.24, 2.45) is 0 Å². The third kappa shape index (κ3) is 4.54. The zero-order valence-corrected chi connectivity index (χ0v) is 14.4. The number of amides is 1. The molecule has 1 amide bonds. The van der Waals surface area contributed by atoms with E-state index in [0.717, 1.165) is 5.69 Å². The molecule has 6 nitrogen and oxygen atoms in total. The van der Waals surface area contributed by atoms with Crippen LogP contribution in [0.5, 0.6) is 0 Å². The van der Waals surface area contributed by atoms with Crippen LogP contribution in [-0.2, 0) is 4.79 Å². The lowest BCUT2D eigenvalue weighted by Crippen LogP contribution is -2.14. The Labute approximate surface area is 149 Å².